The number of aliphatic hydroxyl groups is 1. The monoisotopic (exact) mass is 428 g/mol. The van der Waals surface area contributed by atoms with E-state index in [1.165, 1.54) is 12.8 Å². The van der Waals surface area contributed by atoms with Gasteiger partial charge in [-0.2, -0.15) is 0 Å². The Hall–Kier alpha value is -2.12. The van der Waals surface area contributed by atoms with Gasteiger partial charge in [-0.25, -0.2) is 0 Å². The maximum Gasteiger partial charge on any atom is 0.224 e. The van der Waals surface area contributed by atoms with Crippen molar-refractivity contribution in [2.24, 2.45) is 5.92 Å². The molecule has 5 rings (SSSR count). The highest BCUT2D eigenvalue weighted by molar-refractivity contribution is 5.91. The third-order valence-corrected chi connectivity index (χ3v) is 7.09. The lowest BCUT2D eigenvalue weighted by molar-refractivity contribution is -0.142. The number of rotatable bonds is 7. The lowest BCUT2D eigenvalue weighted by Crippen LogP contribution is -2.47. The summed E-state index contributed by atoms with van der Waals surface area (Å²) in [6.45, 7) is -0.152. The van der Waals surface area contributed by atoms with Crippen LogP contribution in [0.1, 0.15) is 69.3 Å². The first-order chi connectivity index (χ1) is 15.1. The van der Waals surface area contributed by atoms with Crippen LogP contribution in [0.2, 0.25) is 0 Å². The van der Waals surface area contributed by atoms with Gasteiger partial charge < -0.3 is 25.2 Å². The number of nitrogens with one attached hydrogen (secondary N) is 2. The highest BCUT2D eigenvalue weighted by atomic mass is 16.6. The van der Waals surface area contributed by atoms with Crippen molar-refractivity contribution in [2.75, 3.05) is 11.9 Å². The molecule has 0 spiro atoms. The third kappa shape index (κ3) is 4.72. The number of hydrogen-bond donors (Lipinski definition) is 3. The van der Waals surface area contributed by atoms with Gasteiger partial charge in [0.25, 0.3) is 0 Å². The molecule has 0 aromatic heterocycles. The van der Waals surface area contributed by atoms with Crippen molar-refractivity contribution < 1.29 is 24.2 Å². The van der Waals surface area contributed by atoms with Crippen LogP contribution < -0.4 is 15.4 Å². The second-order valence-electron chi connectivity index (χ2n) is 9.61. The first kappa shape index (κ1) is 20.8. The van der Waals surface area contributed by atoms with Gasteiger partial charge in [-0.15, -0.1) is 0 Å². The zero-order valence-corrected chi connectivity index (χ0v) is 17.8. The predicted octanol–water partition coefficient (Wildman–Crippen LogP) is 2.87. The highest BCUT2D eigenvalue weighted by Crippen LogP contribution is 2.47. The Kier molecular flexibility index (Phi) is 5.89. The minimum absolute atomic E-state index is 0.0206. The van der Waals surface area contributed by atoms with Gasteiger partial charge in [-0.05, 0) is 56.2 Å². The second-order valence-corrected chi connectivity index (χ2v) is 9.61. The van der Waals surface area contributed by atoms with Crippen LogP contribution in [0.15, 0.2) is 18.2 Å². The summed E-state index contributed by atoms with van der Waals surface area (Å²) in [5.41, 5.74) is 1.80. The number of benzene rings is 1. The SMILES string of the molecule is O=C(CC1CC1)Nc1ccc2c(c1)[C@H]1C[C@@H](CC(=O)NC3CCCC3)O[C@H](CO)[C@H]1O2. The first-order valence-corrected chi connectivity index (χ1v) is 11.7. The number of amides is 2. The van der Waals surface area contributed by atoms with Crippen molar-refractivity contribution in [3.05, 3.63) is 23.8 Å². The topological polar surface area (TPSA) is 96.9 Å². The van der Waals surface area contributed by atoms with E-state index < -0.39 is 6.10 Å². The molecule has 4 atom stereocenters. The first-order valence-electron chi connectivity index (χ1n) is 11.7. The Morgan fingerprint density at radius 2 is 1.87 bits per heavy atom. The van der Waals surface area contributed by atoms with Crippen LogP contribution in [-0.2, 0) is 14.3 Å². The van der Waals surface area contributed by atoms with E-state index >= 15 is 0 Å². The molecule has 1 aromatic rings. The highest BCUT2D eigenvalue weighted by Gasteiger charge is 2.46. The molecule has 2 saturated carbocycles. The van der Waals surface area contributed by atoms with E-state index in [-0.39, 0.29) is 42.6 Å². The van der Waals surface area contributed by atoms with E-state index in [1.54, 1.807) is 0 Å². The van der Waals surface area contributed by atoms with Crippen molar-refractivity contribution in [3.8, 4) is 5.75 Å². The quantitative estimate of drug-likeness (QED) is 0.621. The summed E-state index contributed by atoms with van der Waals surface area (Å²) in [6, 6.07) is 6.02. The van der Waals surface area contributed by atoms with E-state index in [4.69, 9.17) is 9.47 Å². The molecule has 4 aliphatic rings. The Labute approximate surface area is 182 Å². The van der Waals surface area contributed by atoms with Gasteiger partial charge in [0.1, 0.15) is 18.0 Å². The zero-order valence-electron chi connectivity index (χ0n) is 17.8. The summed E-state index contributed by atoms with van der Waals surface area (Å²) in [5.74, 6) is 1.42. The summed E-state index contributed by atoms with van der Waals surface area (Å²) in [7, 11) is 0. The van der Waals surface area contributed by atoms with E-state index in [0.29, 0.717) is 25.2 Å². The van der Waals surface area contributed by atoms with Gasteiger partial charge in [-0.3, -0.25) is 9.59 Å². The lowest BCUT2D eigenvalue weighted by Gasteiger charge is -2.37. The molecule has 3 N–H and O–H groups in total. The van der Waals surface area contributed by atoms with Crippen LogP contribution in [0.3, 0.4) is 0 Å². The molecule has 0 bridgehead atoms. The van der Waals surface area contributed by atoms with Crippen LogP contribution in [0, 0.1) is 5.92 Å². The van der Waals surface area contributed by atoms with E-state index in [1.807, 2.05) is 18.2 Å². The van der Waals surface area contributed by atoms with Crippen molar-refractivity contribution in [3.63, 3.8) is 0 Å². The zero-order chi connectivity index (χ0) is 21.4. The molecule has 2 amide bonds. The van der Waals surface area contributed by atoms with Gasteiger partial charge in [-0.1, -0.05) is 12.8 Å². The van der Waals surface area contributed by atoms with Crippen LogP contribution in [0.5, 0.6) is 5.75 Å². The van der Waals surface area contributed by atoms with Crippen molar-refractivity contribution in [1.29, 1.82) is 0 Å². The fourth-order valence-electron chi connectivity index (χ4n) is 5.33. The number of fused-ring (bicyclic) bond motifs is 3. The number of carbonyl (C=O) groups is 2. The van der Waals surface area contributed by atoms with E-state index in [2.05, 4.69) is 10.6 Å². The fourth-order valence-corrected chi connectivity index (χ4v) is 5.33. The Morgan fingerprint density at radius 3 is 2.61 bits per heavy atom. The van der Waals surface area contributed by atoms with Gasteiger partial charge in [0, 0.05) is 29.6 Å². The molecule has 31 heavy (non-hydrogen) atoms. The smallest absolute Gasteiger partial charge is 0.224 e. The number of anilines is 1. The molecule has 1 aromatic carbocycles. The second kappa shape index (κ2) is 8.79. The van der Waals surface area contributed by atoms with Crippen LogP contribution in [-0.4, -0.2) is 47.9 Å². The minimum Gasteiger partial charge on any atom is -0.487 e. The van der Waals surface area contributed by atoms with Crippen LogP contribution in [0.25, 0.3) is 0 Å². The molecular weight excluding hydrogens is 396 g/mol. The molecule has 1 saturated heterocycles. The molecule has 2 aliphatic heterocycles. The van der Waals surface area contributed by atoms with Crippen LogP contribution in [0.4, 0.5) is 5.69 Å². The normalized spacial score (nSPS) is 29.7. The van der Waals surface area contributed by atoms with E-state index in [9.17, 15) is 14.7 Å². The average Bonchev–Trinajstić information content (AvgIpc) is 3.26. The largest absolute Gasteiger partial charge is 0.487 e. The Morgan fingerprint density at radius 1 is 1.06 bits per heavy atom. The van der Waals surface area contributed by atoms with E-state index in [0.717, 1.165) is 42.7 Å². The number of hydrogen-bond acceptors (Lipinski definition) is 5. The fraction of sp³-hybridized carbons (Fsp3) is 0.667. The molecule has 7 heteroatoms. The summed E-state index contributed by atoms with van der Waals surface area (Å²) in [5, 5.41) is 16.0. The molecule has 7 nitrogen and oxygen atoms in total. The van der Waals surface area contributed by atoms with Crippen molar-refractivity contribution >= 4 is 17.5 Å². The summed E-state index contributed by atoms with van der Waals surface area (Å²) >= 11 is 0. The summed E-state index contributed by atoms with van der Waals surface area (Å²) in [6.07, 6.45) is 7.28. The molecule has 0 radical (unpaired) electrons. The lowest BCUT2D eigenvalue weighted by atomic mass is 9.84. The van der Waals surface area contributed by atoms with Gasteiger partial charge >= 0.3 is 0 Å². The standard InChI is InChI=1S/C24H32N2O5/c27-13-21-24-19(11-17(30-21)12-23(29)25-15-3-1-2-4-15)18-10-16(7-8-20(18)31-24)26-22(28)9-14-5-6-14/h7-8,10,14-15,17,19,21,24,27H,1-6,9,11-13H2,(H,25,29)(H,26,28)/t17-,19+,21+,24-/m0/s1. The van der Waals surface area contributed by atoms with Gasteiger partial charge in [0.05, 0.1) is 19.1 Å². The van der Waals surface area contributed by atoms with Crippen LogP contribution >= 0.6 is 0 Å². The molecule has 3 fully saturated rings. The molecule has 2 heterocycles. The van der Waals surface area contributed by atoms with Gasteiger partial charge in [0.2, 0.25) is 11.8 Å². The Bertz CT molecular complexity index is 833. The average molecular weight is 429 g/mol. The third-order valence-electron chi connectivity index (χ3n) is 7.09. The molecular formula is C24H32N2O5. The van der Waals surface area contributed by atoms with Crippen molar-refractivity contribution in [2.45, 2.75) is 88.1 Å². The van der Waals surface area contributed by atoms with Gasteiger partial charge in [0.15, 0.2) is 0 Å². The maximum atomic E-state index is 12.5. The Balaban J connectivity index is 1.26. The predicted molar refractivity (Wildman–Crippen MR) is 115 cm³/mol. The minimum atomic E-state index is -0.469. The number of ether oxygens (including phenoxy) is 2. The molecule has 2 aliphatic carbocycles. The molecule has 0 unspecified atom stereocenters. The number of aliphatic hydroxyl groups excluding tert-OH is 1. The van der Waals surface area contributed by atoms with Crippen molar-refractivity contribution in [1.82, 2.24) is 5.32 Å². The maximum absolute atomic E-state index is 12.5. The molecule has 168 valence electrons. The summed E-state index contributed by atoms with van der Waals surface area (Å²) in [4.78, 5) is 24.8. The number of carbonyl (C=O) groups excluding carboxylic acids is 2. The summed E-state index contributed by atoms with van der Waals surface area (Å²) < 4.78 is 12.2.